The minimum atomic E-state index is -0.707. The second-order valence-electron chi connectivity index (χ2n) is 4.62. The number of aliphatic hydroxyl groups excluding tert-OH is 1. The van der Waals surface area contributed by atoms with Crippen molar-refractivity contribution in [2.45, 2.75) is 44.6 Å². The molecule has 2 N–H and O–H groups in total. The summed E-state index contributed by atoms with van der Waals surface area (Å²) in [7, 11) is 0. The smallest absolute Gasteiger partial charge is 0.303 e. The lowest BCUT2D eigenvalue weighted by molar-refractivity contribution is -0.140. The molecule has 0 aromatic carbocycles. The van der Waals surface area contributed by atoms with Crippen LogP contribution in [0.2, 0.25) is 0 Å². The van der Waals surface area contributed by atoms with Crippen LogP contribution in [-0.2, 0) is 4.79 Å². The summed E-state index contributed by atoms with van der Waals surface area (Å²) < 4.78 is 0. The molecule has 0 bridgehead atoms. The van der Waals surface area contributed by atoms with Gasteiger partial charge in [-0.2, -0.15) is 0 Å². The van der Waals surface area contributed by atoms with Crippen molar-refractivity contribution in [3.63, 3.8) is 0 Å². The molecular formula is C10H16O3. The van der Waals surface area contributed by atoms with Crippen molar-refractivity contribution < 1.29 is 15.0 Å². The van der Waals surface area contributed by atoms with E-state index in [1.165, 1.54) is 0 Å². The van der Waals surface area contributed by atoms with Gasteiger partial charge in [-0.05, 0) is 37.0 Å². The third kappa shape index (κ3) is 1.46. The molecule has 0 radical (unpaired) electrons. The summed E-state index contributed by atoms with van der Waals surface area (Å²) in [6.07, 6.45) is 4.81. The number of hydrogen-bond acceptors (Lipinski definition) is 2. The van der Waals surface area contributed by atoms with Gasteiger partial charge in [-0.15, -0.1) is 0 Å². The summed E-state index contributed by atoms with van der Waals surface area (Å²) in [4.78, 5) is 10.7. The molecule has 0 amide bonds. The molecule has 0 aromatic rings. The minimum Gasteiger partial charge on any atom is -0.481 e. The van der Waals surface area contributed by atoms with Crippen molar-refractivity contribution in [3.8, 4) is 0 Å². The Balaban J connectivity index is 2.13. The van der Waals surface area contributed by atoms with E-state index in [9.17, 15) is 9.90 Å². The number of carboxylic acid groups (broad SMARTS) is 1. The van der Waals surface area contributed by atoms with Gasteiger partial charge in [0.05, 0.1) is 12.5 Å². The molecule has 2 aliphatic rings. The molecule has 2 fully saturated rings. The fraction of sp³-hybridized carbons (Fsp3) is 0.900. The summed E-state index contributed by atoms with van der Waals surface area (Å²) in [6.45, 7) is 0. The highest BCUT2D eigenvalue weighted by Gasteiger charge is 2.50. The van der Waals surface area contributed by atoms with Gasteiger partial charge in [0.25, 0.3) is 0 Å². The van der Waals surface area contributed by atoms with Crippen LogP contribution in [0.3, 0.4) is 0 Å². The molecule has 2 saturated carbocycles. The number of aliphatic hydroxyl groups is 1. The molecule has 0 heterocycles. The van der Waals surface area contributed by atoms with Crippen LogP contribution in [0.5, 0.6) is 0 Å². The molecule has 74 valence electrons. The predicted octanol–water partition coefficient (Wildman–Crippen LogP) is 1.40. The molecule has 0 saturated heterocycles. The topological polar surface area (TPSA) is 57.5 Å². The molecule has 3 heteroatoms. The number of carbonyl (C=O) groups is 1. The molecular weight excluding hydrogens is 168 g/mol. The Bertz CT molecular complexity index is 226. The van der Waals surface area contributed by atoms with E-state index in [0.717, 1.165) is 25.7 Å². The average molecular weight is 184 g/mol. The number of rotatable bonds is 2. The zero-order valence-electron chi connectivity index (χ0n) is 7.70. The predicted molar refractivity (Wildman–Crippen MR) is 47.3 cm³/mol. The number of carboxylic acids is 1. The highest BCUT2D eigenvalue weighted by Crippen LogP contribution is 2.56. The van der Waals surface area contributed by atoms with Crippen LogP contribution in [0.15, 0.2) is 0 Å². The average Bonchev–Trinajstić information content (AvgIpc) is 2.40. The van der Waals surface area contributed by atoms with Crippen molar-refractivity contribution in [2.75, 3.05) is 0 Å². The Labute approximate surface area is 77.8 Å². The highest BCUT2D eigenvalue weighted by atomic mass is 16.4. The number of hydrogen-bond donors (Lipinski definition) is 2. The Morgan fingerprint density at radius 3 is 3.00 bits per heavy atom. The van der Waals surface area contributed by atoms with E-state index in [-0.39, 0.29) is 17.9 Å². The van der Waals surface area contributed by atoms with Crippen LogP contribution >= 0.6 is 0 Å². The van der Waals surface area contributed by atoms with E-state index < -0.39 is 5.97 Å². The van der Waals surface area contributed by atoms with Gasteiger partial charge in [-0.1, -0.05) is 6.42 Å². The first-order valence-corrected chi connectivity index (χ1v) is 5.02. The summed E-state index contributed by atoms with van der Waals surface area (Å²) in [5.41, 5.74) is -0.0503. The van der Waals surface area contributed by atoms with Gasteiger partial charge in [-0.3, -0.25) is 4.79 Å². The van der Waals surface area contributed by atoms with Crippen molar-refractivity contribution >= 4 is 5.97 Å². The first-order chi connectivity index (χ1) is 6.12. The van der Waals surface area contributed by atoms with Crippen molar-refractivity contribution in [1.29, 1.82) is 0 Å². The minimum absolute atomic E-state index is 0.0503. The lowest BCUT2D eigenvalue weighted by Gasteiger charge is -2.26. The van der Waals surface area contributed by atoms with Crippen LogP contribution in [0.25, 0.3) is 0 Å². The van der Waals surface area contributed by atoms with Crippen molar-refractivity contribution in [1.82, 2.24) is 0 Å². The third-order valence-corrected chi connectivity index (χ3v) is 3.80. The SMILES string of the molecule is O=C(O)C[C@@]12CCC[C@@H]1C[C@@H](O)C2. The monoisotopic (exact) mass is 184 g/mol. The molecule has 3 atom stereocenters. The molecule has 0 aliphatic heterocycles. The Morgan fingerprint density at radius 2 is 2.31 bits per heavy atom. The molecule has 0 spiro atoms. The highest BCUT2D eigenvalue weighted by molar-refractivity contribution is 5.68. The summed E-state index contributed by atoms with van der Waals surface area (Å²) in [5, 5.41) is 18.3. The number of aliphatic carboxylic acids is 1. The van der Waals surface area contributed by atoms with Gasteiger partial charge in [0.1, 0.15) is 0 Å². The summed E-state index contributed by atoms with van der Waals surface area (Å²) in [5.74, 6) is -0.236. The Kier molecular flexibility index (Phi) is 2.06. The van der Waals surface area contributed by atoms with Gasteiger partial charge in [0.15, 0.2) is 0 Å². The molecule has 0 aromatic heterocycles. The molecule has 2 rings (SSSR count). The van der Waals surface area contributed by atoms with E-state index in [1.54, 1.807) is 0 Å². The molecule has 2 aliphatic carbocycles. The maximum atomic E-state index is 10.7. The van der Waals surface area contributed by atoms with Crippen LogP contribution in [-0.4, -0.2) is 22.3 Å². The van der Waals surface area contributed by atoms with Gasteiger partial charge >= 0.3 is 5.97 Å². The number of fused-ring (bicyclic) bond motifs is 1. The lowest BCUT2D eigenvalue weighted by atomic mass is 9.77. The van der Waals surface area contributed by atoms with Gasteiger partial charge in [0.2, 0.25) is 0 Å². The lowest BCUT2D eigenvalue weighted by Crippen LogP contribution is -2.24. The molecule has 13 heavy (non-hydrogen) atoms. The summed E-state index contributed by atoms with van der Waals surface area (Å²) in [6, 6.07) is 0. The van der Waals surface area contributed by atoms with E-state index in [2.05, 4.69) is 0 Å². The van der Waals surface area contributed by atoms with Crippen LogP contribution in [0, 0.1) is 11.3 Å². The van der Waals surface area contributed by atoms with E-state index in [4.69, 9.17) is 5.11 Å². The second kappa shape index (κ2) is 2.98. The van der Waals surface area contributed by atoms with E-state index in [0.29, 0.717) is 12.3 Å². The fourth-order valence-corrected chi connectivity index (χ4v) is 3.33. The van der Waals surface area contributed by atoms with Crippen molar-refractivity contribution in [3.05, 3.63) is 0 Å². The first kappa shape index (κ1) is 9.00. The molecule has 3 nitrogen and oxygen atoms in total. The first-order valence-electron chi connectivity index (χ1n) is 5.02. The third-order valence-electron chi connectivity index (χ3n) is 3.80. The van der Waals surface area contributed by atoms with E-state index in [1.807, 2.05) is 0 Å². The van der Waals surface area contributed by atoms with Gasteiger partial charge in [0, 0.05) is 0 Å². The van der Waals surface area contributed by atoms with Crippen LogP contribution < -0.4 is 0 Å². The standard InChI is InChI=1S/C10H16O3/c11-8-4-7-2-1-3-10(7,5-8)6-9(12)13/h7-8,11H,1-6H2,(H,12,13)/t7-,8-,10+/m1/s1. The Hall–Kier alpha value is -0.570. The molecule has 0 unspecified atom stereocenters. The van der Waals surface area contributed by atoms with Crippen molar-refractivity contribution in [2.24, 2.45) is 11.3 Å². The normalized spacial score (nSPS) is 43.5. The van der Waals surface area contributed by atoms with E-state index >= 15 is 0 Å². The zero-order valence-corrected chi connectivity index (χ0v) is 7.70. The maximum absolute atomic E-state index is 10.7. The largest absolute Gasteiger partial charge is 0.481 e. The zero-order chi connectivity index (χ0) is 9.47. The van der Waals surface area contributed by atoms with Gasteiger partial charge < -0.3 is 10.2 Å². The second-order valence-corrected chi connectivity index (χ2v) is 4.62. The van der Waals surface area contributed by atoms with Crippen LogP contribution in [0.4, 0.5) is 0 Å². The Morgan fingerprint density at radius 1 is 1.54 bits per heavy atom. The fourth-order valence-electron chi connectivity index (χ4n) is 3.33. The maximum Gasteiger partial charge on any atom is 0.303 e. The quantitative estimate of drug-likeness (QED) is 0.682. The summed E-state index contributed by atoms with van der Waals surface area (Å²) >= 11 is 0. The van der Waals surface area contributed by atoms with Gasteiger partial charge in [-0.25, -0.2) is 0 Å². The van der Waals surface area contributed by atoms with Crippen LogP contribution in [0.1, 0.15) is 38.5 Å².